The summed E-state index contributed by atoms with van der Waals surface area (Å²) in [4.78, 5) is 17.1. The van der Waals surface area contributed by atoms with Crippen LogP contribution < -0.4 is 10.1 Å². The molecule has 1 saturated carbocycles. The Balaban J connectivity index is 1.58. The SMILES string of the molecule is COc1nn(-c2ccc(C(F)(F)F)nc2)cc1CNC(=O)C1(C(C)C)CCCC1S(=O)(=O)c1ccc(F)cc1. The van der Waals surface area contributed by atoms with Crippen molar-refractivity contribution < 1.29 is 35.5 Å². The summed E-state index contributed by atoms with van der Waals surface area (Å²) in [5.74, 6) is -1.20. The maximum Gasteiger partial charge on any atom is 0.433 e. The van der Waals surface area contributed by atoms with Gasteiger partial charge in [0.2, 0.25) is 11.8 Å². The Kier molecular flexibility index (Phi) is 7.75. The molecule has 8 nitrogen and oxygen atoms in total. The molecule has 1 aliphatic rings. The number of benzene rings is 1. The van der Waals surface area contributed by atoms with Crippen LogP contribution in [0.4, 0.5) is 17.6 Å². The molecule has 2 unspecified atom stereocenters. The minimum absolute atomic E-state index is 0.0401. The monoisotopic (exact) mass is 568 g/mol. The van der Waals surface area contributed by atoms with Gasteiger partial charge in [0.05, 0.1) is 40.1 Å². The van der Waals surface area contributed by atoms with Crippen LogP contribution in [-0.2, 0) is 27.4 Å². The second-order valence-electron chi connectivity index (χ2n) is 9.77. The second-order valence-corrected chi connectivity index (χ2v) is 11.9. The van der Waals surface area contributed by atoms with Crippen LogP contribution in [-0.4, -0.2) is 41.4 Å². The molecule has 210 valence electrons. The van der Waals surface area contributed by atoms with Crippen LogP contribution in [0.1, 0.15) is 44.4 Å². The van der Waals surface area contributed by atoms with Crippen LogP contribution in [0.3, 0.4) is 0 Å². The first kappa shape index (κ1) is 28.5. The third kappa shape index (κ3) is 5.36. The number of aromatic nitrogens is 3. The van der Waals surface area contributed by atoms with Crippen LogP contribution in [0.2, 0.25) is 0 Å². The summed E-state index contributed by atoms with van der Waals surface area (Å²) >= 11 is 0. The first-order chi connectivity index (χ1) is 18.3. The Bertz CT molecular complexity index is 1440. The van der Waals surface area contributed by atoms with E-state index in [1.807, 2.05) is 0 Å². The van der Waals surface area contributed by atoms with Gasteiger partial charge in [-0.05, 0) is 55.2 Å². The number of carbonyl (C=O) groups excluding carboxylic acids is 1. The molecule has 2 heterocycles. The highest BCUT2D eigenvalue weighted by Gasteiger charge is 2.56. The van der Waals surface area contributed by atoms with Gasteiger partial charge in [-0.3, -0.25) is 4.79 Å². The lowest BCUT2D eigenvalue weighted by molar-refractivity contribution is -0.141. The molecule has 4 rings (SSSR count). The molecule has 2 atom stereocenters. The van der Waals surface area contributed by atoms with Crippen molar-refractivity contribution in [2.24, 2.45) is 11.3 Å². The smallest absolute Gasteiger partial charge is 0.433 e. The van der Waals surface area contributed by atoms with Gasteiger partial charge in [0.25, 0.3) is 0 Å². The maximum atomic E-state index is 13.7. The highest BCUT2D eigenvalue weighted by atomic mass is 32.2. The molecule has 1 fully saturated rings. The normalized spacial score (nSPS) is 19.8. The van der Waals surface area contributed by atoms with Crippen LogP contribution in [0, 0.1) is 17.2 Å². The molecule has 1 aliphatic carbocycles. The number of alkyl halides is 3. The molecule has 13 heteroatoms. The second kappa shape index (κ2) is 10.6. The van der Waals surface area contributed by atoms with Crippen LogP contribution in [0.15, 0.2) is 53.7 Å². The van der Waals surface area contributed by atoms with Gasteiger partial charge in [0.1, 0.15) is 11.5 Å². The fourth-order valence-corrected chi connectivity index (χ4v) is 7.62. The number of sulfone groups is 1. The molecule has 0 bridgehead atoms. The lowest BCUT2D eigenvalue weighted by Gasteiger charge is -2.37. The fraction of sp³-hybridized carbons (Fsp3) is 0.423. The number of nitrogens with one attached hydrogen (secondary N) is 1. The number of amides is 1. The molecule has 3 aromatic rings. The summed E-state index contributed by atoms with van der Waals surface area (Å²) in [5.41, 5.74) is -1.59. The Labute approximate surface area is 223 Å². The fourth-order valence-electron chi connectivity index (χ4n) is 5.25. The quantitative estimate of drug-likeness (QED) is 0.312. The molecular formula is C26H28F4N4O4S. The van der Waals surface area contributed by atoms with Gasteiger partial charge in [-0.2, -0.15) is 13.2 Å². The summed E-state index contributed by atoms with van der Waals surface area (Å²) in [6.07, 6.45) is -0.895. The van der Waals surface area contributed by atoms with Crippen molar-refractivity contribution in [3.8, 4) is 11.6 Å². The Morgan fingerprint density at radius 2 is 1.90 bits per heavy atom. The number of ether oxygens (including phenoxy) is 1. The summed E-state index contributed by atoms with van der Waals surface area (Å²) in [7, 11) is -2.59. The number of nitrogens with zero attached hydrogens (tertiary/aromatic N) is 3. The van der Waals surface area contributed by atoms with Gasteiger partial charge in [-0.15, -0.1) is 5.10 Å². The maximum absolute atomic E-state index is 13.7. The van der Waals surface area contributed by atoms with Crippen molar-refractivity contribution in [2.75, 3.05) is 7.11 Å². The lowest BCUT2D eigenvalue weighted by atomic mass is 9.74. The van der Waals surface area contributed by atoms with Crippen LogP contribution >= 0.6 is 0 Å². The summed E-state index contributed by atoms with van der Waals surface area (Å²) in [6.45, 7) is 3.54. The Hall–Kier alpha value is -3.48. The predicted molar refractivity (Wildman–Crippen MR) is 133 cm³/mol. The molecule has 0 saturated heterocycles. The molecule has 1 amide bonds. The van der Waals surface area contributed by atoms with E-state index in [2.05, 4.69) is 15.4 Å². The van der Waals surface area contributed by atoms with E-state index < -0.39 is 44.1 Å². The zero-order valence-electron chi connectivity index (χ0n) is 21.5. The highest BCUT2D eigenvalue weighted by Crippen LogP contribution is 2.49. The molecule has 1 N–H and O–H groups in total. The minimum atomic E-state index is -4.58. The summed E-state index contributed by atoms with van der Waals surface area (Å²) in [6, 6.07) is 6.62. The van der Waals surface area contributed by atoms with Gasteiger partial charge in [-0.1, -0.05) is 20.3 Å². The van der Waals surface area contributed by atoms with Crippen molar-refractivity contribution >= 4 is 15.7 Å². The van der Waals surface area contributed by atoms with Crippen molar-refractivity contribution in [1.82, 2.24) is 20.1 Å². The van der Waals surface area contributed by atoms with Crippen molar-refractivity contribution in [2.45, 2.75) is 56.0 Å². The Morgan fingerprint density at radius 3 is 2.46 bits per heavy atom. The number of methoxy groups -OCH3 is 1. The zero-order chi connectivity index (χ0) is 28.6. The largest absolute Gasteiger partial charge is 0.480 e. The van der Waals surface area contributed by atoms with E-state index in [4.69, 9.17) is 4.74 Å². The predicted octanol–water partition coefficient (Wildman–Crippen LogP) is 4.72. The van der Waals surface area contributed by atoms with Crippen molar-refractivity contribution in [3.05, 3.63) is 65.9 Å². The topological polar surface area (TPSA) is 103 Å². The first-order valence-electron chi connectivity index (χ1n) is 12.2. The van der Waals surface area contributed by atoms with E-state index in [1.165, 1.54) is 36.2 Å². The highest BCUT2D eigenvalue weighted by molar-refractivity contribution is 7.92. The van der Waals surface area contributed by atoms with Gasteiger partial charge in [0, 0.05) is 12.7 Å². The van der Waals surface area contributed by atoms with E-state index in [0.29, 0.717) is 18.4 Å². The first-order valence-corrected chi connectivity index (χ1v) is 13.8. The van der Waals surface area contributed by atoms with Gasteiger partial charge in [0.15, 0.2) is 9.84 Å². The van der Waals surface area contributed by atoms with Gasteiger partial charge >= 0.3 is 6.18 Å². The molecule has 0 aliphatic heterocycles. The molecule has 1 aromatic carbocycles. The van der Waals surface area contributed by atoms with Crippen molar-refractivity contribution in [1.29, 1.82) is 0 Å². The molecule has 39 heavy (non-hydrogen) atoms. The van der Waals surface area contributed by atoms with E-state index in [9.17, 15) is 30.8 Å². The third-order valence-electron chi connectivity index (χ3n) is 7.29. The molecule has 0 spiro atoms. The number of pyridine rings is 1. The average Bonchev–Trinajstić information content (AvgIpc) is 3.53. The third-order valence-corrected chi connectivity index (χ3v) is 9.62. The van der Waals surface area contributed by atoms with Crippen molar-refractivity contribution in [3.63, 3.8) is 0 Å². The van der Waals surface area contributed by atoms with E-state index in [0.717, 1.165) is 24.4 Å². The average molecular weight is 569 g/mol. The molecule has 2 aromatic heterocycles. The van der Waals surface area contributed by atoms with E-state index in [-0.39, 0.29) is 35.3 Å². The number of rotatable bonds is 8. The Morgan fingerprint density at radius 1 is 1.21 bits per heavy atom. The zero-order valence-corrected chi connectivity index (χ0v) is 22.3. The lowest BCUT2D eigenvalue weighted by Crippen LogP contribution is -2.51. The number of carbonyl (C=O) groups is 1. The molecular weight excluding hydrogens is 540 g/mol. The standard InChI is InChI=1S/C26H28F4N4O4S/c1-16(2)25(12-4-5-22(25)39(36,37)20-9-6-18(27)7-10-20)24(35)32-13-17-15-34(33-23(17)38-3)19-8-11-21(31-14-19)26(28,29)30/h6-11,14-16,22H,4-5,12-13H2,1-3H3,(H,32,35). The number of hydrogen-bond donors (Lipinski definition) is 1. The van der Waals surface area contributed by atoms with E-state index >= 15 is 0 Å². The number of hydrogen-bond acceptors (Lipinski definition) is 6. The van der Waals surface area contributed by atoms with Crippen LogP contribution in [0.5, 0.6) is 5.88 Å². The minimum Gasteiger partial charge on any atom is -0.480 e. The van der Waals surface area contributed by atoms with Gasteiger partial charge in [-0.25, -0.2) is 22.5 Å². The van der Waals surface area contributed by atoms with Gasteiger partial charge < -0.3 is 10.1 Å². The number of halogens is 4. The van der Waals surface area contributed by atoms with E-state index in [1.54, 1.807) is 13.8 Å². The molecule has 0 radical (unpaired) electrons. The van der Waals surface area contributed by atoms with Crippen LogP contribution in [0.25, 0.3) is 5.69 Å². The summed E-state index contributed by atoms with van der Waals surface area (Å²) < 4.78 is 85.7. The summed E-state index contributed by atoms with van der Waals surface area (Å²) in [5, 5.41) is 6.05.